The van der Waals surface area contributed by atoms with E-state index in [1.165, 1.54) is 0 Å². The van der Waals surface area contributed by atoms with Crippen LogP contribution in [0, 0.1) is 0 Å². The van der Waals surface area contributed by atoms with Crippen molar-refractivity contribution in [2.24, 2.45) is 0 Å². The number of urea groups is 1. The minimum absolute atomic E-state index is 0.134. The normalized spacial score (nSPS) is 16.1. The minimum atomic E-state index is -0.679. The number of nitrogens with one attached hydrogen (secondary N) is 1. The molecule has 0 aliphatic carbocycles. The predicted molar refractivity (Wildman–Crippen MR) is 60.2 cm³/mol. The molecular formula is C11H9ClN2O3. The summed E-state index contributed by atoms with van der Waals surface area (Å²) in [5.74, 6) is -1.05. The van der Waals surface area contributed by atoms with E-state index in [9.17, 15) is 14.4 Å². The van der Waals surface area contributed by atoms with E-state index in [4.69, 9.17) is 11.6 Å². The van der Waals surface area contributed by atoms with E-state index < -0.39 is 17.8 Å². The Balaban J connectivity index is 2.12. The Bertz CT molecular complexity index is 464. The Labute approximate surface area is 102 Å². The molecule has 2 rings (SSSR count). The number of imide groups is 2. The van der Waals surface area contributed by atoms with Crippen molar-refractivity contribution in [3.05, 3.63) is 34.9 Å². The van der Waals surface area contributed by atoms with E-state index in [-0.39, 0.29) is 13.0 Å². The highest BCUT2D eigenvalue weighted by atomic mass is 35.5. The third-order valence-corrected chi connectivity index (χ3v) is 2.61. The van der Waals surface area contributed by atoms with Crippen molar-refractivity contribution in [3.63, 3.8) is 0 Å². The lowest BCUT2D eigenvalue weighted by atomic mass is 10.2. The van der Waals surface area contributed by atoms with Crippen molar-refractivity contribution < 1.29 is 14.4 Å². The molecule has 4 amide bonds. The summed E-state index contributed by atoms with van der Waals surface area (Å²) in [5, 5.41) is 2.67. The number of nitrogens with zero attached hydrogens (tertiary/aromatic N) is 1. The monoisotopic (exact) mass is 252 g/mol. The van der Waals surface area contributed by atoms with Crippen molar-refractivity contribution in [3.8, 4) is 0 Å². The van der Waals surface area contributed by atoms with Crippen LogP contribution in [0.15, 0.2) is 24.3 Å². The molecule has 0 aromatic heterocycles. The van der Waals surface area contributed by atoms with Crippen molar-refractivity contribution in [2.75, 3.05) is 0 Å². The molecule has 1 aliphatic rings. The summed E-state index contributed by atoms with van der Waals surface area (Å²) in [4.78, 5) is 34.9. The average molecular weight is 253 g/mol. The second kappa shape index (κ2) is 4.55. The molecule has 0 radical (unpaired) electrons. The summed E-state index contributed by atoms with van der Waals surface area (Å²) >= 11 is 5.73. The highest BCUT2D eigenvalue weighted by molar-refractivity contribution is 6.30. The predicted octanol–water partition coefficient (Wildman–Crippen LogP) is 1.31. The molecule has 0 unspecified atom stereocenters. The zero-order valence-corrected chi connectivity index (χ0v) is 9.53. The Morgan fingerprint density at radius 1 is 1.18 bits per heavy atom. The molecule has 0 spiro atoms. The zero-order valence-electron chi connectivity index (χ0n) is 8.77. The first kappa shape index (κ1) is 11.6. The van der Waals surface area contributed by atoms with Gasteiger partial charge in [-0.25, -0.2) is 4.79 Å². The van der Waals surface area contributed by atoms with Crippen molar-refractivity contribution in [2.45, 2.75) is 13.0 Å². The maximum absolute atomic E-state index is 11.5. The quantitative estimate of drug-likeness (QED) is 0.807. The van der Waals surface area contributed by atoms with Gasteiger partial charge in [-0.1, -0.05) is 23.7 Å². The lowest BCUT2D eigenvalue weighted by Crippen LogP contribution is -2.52. The van der Waals surface area contributed by atoms with Gasteiger partial charge in [0.2, 0.25) is 11.8 Å². The first-order chi connectivity index (χ1) is 8.06. The van der Waals surface area contributed by atoms with Gasteiger partial charge in [-0.05, 0) is 17.7 Å². The number of halogens is 1. The van der Waals surface area contributed by atoms with Crippen LogP contribution < -0.4 is 5.32 Å². The molecule has 0 atom stereocenters. The molecule has 1 aromatic carbocycles. The molecule has 5 nitrogen and oxygen atoms in total. The smallest absolute Gasteiger partial charge is 0.277 e. The molecule has 1 aliphatic heterocycles. The standard InChI is InChI=1S/C11H9ClN2O3/c12-8-3-1-7(2-4-8)6-14-10(16)5-9(15)13-11(14)17/h1-4H,5-6H2,(H,13,15,17). The Hall–Kier alpha value is -1.88. The van der Waals surface area contributed by atoms with Gasteiger partial charge in [0.1, 0.15) is 6.42 Å². The van der Waals surface area contributed by atoms with E-state index in [1.54, 1.807) is 24.3 Å². The number of hydrogen-bond donors (Lipinski definition) is 1. The van der Waals surface area contributed by atoms with E-state index in [2.05, 4.69) is 5.32 Å². The summed E-state index contributed by atoms with van der Waals surface area (Å²) in [6.07, 6.45) is -0.292. The maximum Gasteiger partial charge on any atom is 0.331 e. The summed E-state index contributed by atoms with van der Waals surface area (Å²) in [7, 11) is 0. The number of carbonyl (C=O) groups excluding carboxylic acids is 3. The number of rotatable bonds is 2. The van der Waals surface area contributed by atoms with Gasteiger partial charge >= 0.3 is 6.03 Å². The number of benzene rings is 1. The van der Waals surface area contributed by atoms with Crippen LogP contribution in [0.1, 0.15) is 12.0 Å². The topological polar surface area (TPSA) is 66.5 Å². The van der Waals surface area contributed by atoms with Gasteiger partial charge in [0.15, 0.2) is 0 Å². The summed E-state index contributed by atoms with van der Waals surface area (Å²) < 4.78 is 0. The second-order valence-electron chi connectivity index (χ2n) is 3.64. The highest BCUT2D eigenvalue weighted by Gasteiger charge is 2.30. The van der Waals surface area contributed by atoms with Gasteiger partial charge in [0.05, 0.1) is 6.54 Å². The van der Waals surface area contributed by atoms with E-state index in [0.29, 0.717) is 5.02 Å². The van der Waals surface area contributed by atoms with Crippen LogP contribution in [0.25, 0.3) is 0 Å². The average Bonchev–Trinajstić information content (AvgIpc) is 2.26. The fraction of sp³-hybridized carbons (Fsp3) is 0.182. The van der Waals surface area contributed by atoms with Crippen LogP contribution in [0.2, 0.25) is 5.02 Å². The molecule has 1 N–H and O–H groups in total. The molecule has 1 aromatic rings. The summed E-state index contributed by atoms with van der Waals surface area (Å²) in [6, 6.07) is 6.11. The molecule has 1 fully saturated rings. The van der Waals surface area contributed by atoms with Gasteiger partial charge in [-0.15, -0.1) is 0 Å². The lowest BCUT2D eigenvalue weighted by Gasteiger charge is -2.24. The molecule has 1 heterocycles. The van der Waals surface area contributed by atoms with Gasteiger partial charge < -0.3 is 0 Å². The number of barbiturate groups is 1. The highest BCUT2D eigenvalue weighted by Crippen LogP contribution is 2.13. The van der Waals surface area contributed by atoms with Gasteiger partial charge in [-0.2, -0.15) is 0 Å². The number of amides is 4. The summed E-state index contributed by atoms with van der Waals surface area (Å²) in [6.45, 7) is 0.134. The van der Waals surface area contributed by atoms with Crippen LogP contribution in [0.5, 0.6) is 0 Å². The molecule has 0 saturated carbocycles. The first-order valence-corrected chi connectivity index (χ1v) is 5.32. The minimum Gasteiger partial charge on any atom is -0.277 e. The SMILES string of the molecule is O=C1CC(=O)N(Cc2ccc(Cl)cc2)C(=O)N1. The molecule has 88 valence electrons. The third kappa shape index (κ3) is 2.62. The second-order valence-corrected chi connectivity index (χ2v) is 4.07. The van der Waals surface area contributed by atoms with Crippen LogP contribution in [0.3, 0.4) is 0 Å². The largest absolute Gasteiger partial charge is 0.331 e. The zero-order chi connectivity index (χ0) is 12.4. The van der Waals surface area contributed by atoms with Gasteiger partial charge in [0.25, 0.3) is 0 Å². The fourth-order valence-electron chi connectivity index (χ4n) is 1.51. The molecular weight excluding hydrogens is 244 g/mol. The Kier molecular flexibility index (Phi) is 3.10. The molecule has 0 bridgehead atoms. The van der Waals surface area contributed by atoms with Crippen molar-refractivity contribution in [1.82, 2.24) is 10.2 Å². The molecule has 6 heteroatoms. The number of carbonyl (C=O) groups is 3. The maximum atomic E-state index is 11.5. The fourth-order valence-corrected chi connectivity index (χ4v) is 1.64. The Morgan fingerprint density at radius 3 is 2.41 bits per heavy atom. The van der Waals surface area contributed by atoms with E-state index in [1.807, 2.05) is 0 Å². The van der Waals surface area contributed by atoms with Crippen LogP contribution in [-0.2, 0) is 16.1 Å². The Morgan fingerprint density at radius 2 is 1.82 bits per heavy atom. The number of hydrogen-bond acceptors (Lipinski definition) is 3. The van der Waals surface area contributed by atoms with Gasteiger partial charge in [0, 0.05) is 5.02 Å². The van der Waals surface area contributed by atoms with Crippen molar-refractivity contribution >= 4 is 29.4 Å². The third-order valence-electron chi connectivity index (χ3n) is 2.36. The first-order valence-electron chi connectivity index (χ1n) is 4.95. The van der Waals surface area contributed by atoms with Crippen LogP contribution in [-0.4, -0.2) is 22.7 Å². The van der Waals surface area contributed by atoms with E-state index in [0.717, 1.165) is 10.5 Å². The van der Waals surface area contributed by atoms with Gasteiger partial charge in [-0.3, -0.25) is 19.8 Å². The van der Waals surface area contributed by atoms with E-state index >= 15 is 0 Å². The molecule has 17 heavy (non-hydrogen) atoms. The van der Waals surface area contributed by atoms with Crippen molar-refractivity contribution in [1.29, 1.82) is 0 Å². The molecule has 1 saturated heterocycles. The summed E-state index contributed by atoms with van der Waals surface area (Å²) in [5.41, 5.74) is 0.771. The van der Waals surface area contributed by atoms with Crippen LogP contribution in [0.4, 0.5) is 4.79 Å². The lowest BCUT2D eigenvalue weighted by molar-refractivity contribution is -0.136. The van der Waals surface area contributed by atoms with Crippen LogP contribution >= 0.6 is 11.6 Å².